The van der Waals surface area contributed by atoms with Crippen LogP contribution < -0.4 is 0 Å². The van der Waals surface area contributed by atoms with E-state index in [9.17, 15) is 8.78 Å². The van der Waals surface area contributed by atoms with E-state index in [4.69, 9.17) is 0 Å². The van der Waals surface area contributed by atoms with Gasteiger partial charge in [0.15, 0.2) is 0 Å². The number of allylic oxidation sites excluding steroid dienone is 3. The normalized spacial score (nSPS) is 33.1. The van der Waals surface area contributed by atoms with Gasteiger partial charge in [0.25, 0.3) is 0 Å². The number of halogens is 2. The minimum Gasteiger partial charge on any atom is -0.265 e. The Morgan fingerprint density at radius 1 is 1.22 bits per heavy atom. The molecule has 0 fully saturated rings. The van der Waals surface area contributed by atoms with Crippen molar-refractivity contribution in [3.8, 4) is 0 Å². The first kappa shape index (κ1) is 13.4. The molecule has 0 saturated heterocycles. The second-order valence-electron chi connectivity index (χ2n) is 6.31. The molecule has 18 heavy (non-hydrogen) atoms. The van der Waals surface area contributed by atoms with Crippen molar-refractivity contribution in [2.24, 2.45) is 22.2 Å². The molecule has 0 saturated carbocycles. The van der Waals surface area contributed by atoms with Gasteiger partial charge in [-0.2, -0.15) is 0 Å². The number of rotatable bonds is 1. The summed E-state index contributed by atoms with van der Waals surface area (Å²) in [6, 6.07) is 0. The summed E-state index contributed by atoms with van der Waals surface area (Å²) in [5, 5.41) is 0. The van der Waals surface area contributed by atoms with Crippen LogP contribution in [-0.2, 0) is 0 Å². The van der Waals surface area contributed by atoms with E-state index in [1.54, 1.807) is 0 Å². The van der Waals surface area contributed by atoms with Gasteiger partial charge in [-0.15, -0.1) is 0 Å². The maximum Gasteiger partial charge on any atom is 0.121 e. The molecule has 0 aromatic carbocycles. The first-order valence-electron chi connectivity index (χ1n) is 6.63. The summed E-state index contributed by atoms with van der Waals surface area (Å²) in [6.07, 6.45) is 5.74. The Kier molecular flexibility index (Phi) is 3.69. The predicted octanol–water partition coefficient (Wildman–Crippen LogP) is 4.61. The zero-order chi connectivity index (χ0) is 13.3. The molecule has 1 heterocycles. The Morgan fingerprint density at radius 2 is 1.94 bits per heavy atom. The van der Waals surface area contributed by atoms with E-state index in [0.717, 1.165) is 18.2 Å². The highest BCUT2D eigenvalue weighted by Crippen LogP contribution is 2.39. The highest BCUT2D eigenvalue weighted by atomic mass is 19.1. The fourth-order valence-electron chi connectivity index (χ4n) is 2.52. The van der Waals surface area contributed by atoms with Crippen LogP contribution in [0.4, 0.5) is 8.78 Å². The van der Waals surface area contributed by atoms with Gasteiger partial charge in [-0.05, 0) is 36.7 Å². The van der Waals surface area contributed by atoms with Crippen LogP contribution in [0.1, 0.15) is 40.0 Å². The Bertz CT molecular complexity index is 401. The van der Waals surface area contributed by atoms with E-state index in [1.807, 2.05) is 6.21 Å². The summed E-state index contributed by atoms with van der Waals surface area (Å²) in [6.45, 7) is 6.53. The lowest BCUT2D eigenvalue weighted by atomic mass is 9.76. The van der Waals surface area contributed by atoms with Gasteiger partial charge in [0.1, 0.15) is 12.0 Å². The summed E-state index contributed by atoms with van der Waals surface area (Å²) < 4.78 is 26.9. The van der Waals surface area contributed by atoms with Gasteiger partial charge in [-0.25, -0.2) is 8.78 Å². The monoisotopic (exact) mass is 253 g/mol. The highest BCUT2D eigenvalue weighted by Gasteiger charge is 2.30. The van der Waals surface area contributed by atoms with Gasteiger partial charge in [0.05, 0.1) is 5.92 Å². The zero-order valence-electron chi connectivity index (χ0n) is 11.3. The Labute approximate surface area is 108 Å². The molecule has 3 unspecified atom stereocenters. The van der Waals surface area contributed by atoms with Crippen molar-refractivity contribution in [3.05, 3.63) is 23.7 Å². The van der Waals surface area contributed by atoms with Gasteiger partial charge in [-0.1, -0.05) is 26.8 Å². The summed E-state index contributed by atoms with van der Waals surface area (Å²) in [4.78, 5) is 4.33. The molecule has 3 atom stereocenters. The maximum absolute atomic E-state index is 13.8. The highest BCUT2D eigenvalue weighted by molar-refractivity contribution is 5.62. The third-order valence-corrected chi connectivity index (χ3v) is 3.85. The number of aliphatic imine (C=N–C) groups is 1. The molecule has 0 radical (unpaired) electrons. The van der Waals surface area contributed by atoms with Gasteiger partial charge in [0.2, 0.25) is 0 Å². The fourth-order valence-corrected chi connectivity index (χ4v) is 2.52. The molecule has 2 rings (SSSR count). The van der Waals surface area contributed by atoms with Crippen molar-refractivity contribution in [2.45, 2.75) is 46.2 Å². The molecule has 0 N–H and O–H groups in total. The van der Waals surface area contributed by atoms with E-state index in [1.165, 1.54) is 0 Å². The van der Waals surface area contributed by atoms with Crippen LogP contribution in [0, 0.1) is 17.3 Å². The first-order valence-corrected chi connectivity index (χ1v) is 6.63. The molecule has 0 bridgehead atoms. The molecule has 0 amide bonds. The third kappa shape index (κ3) is 2.88. The summed E-state index contributed by atoms with van der Waals surface area (Å²) in [7, 11) is 0. The molecule has 1 nitrogen and oxygen atoms in total. The lowest BCUT2D eigenvalue weighted by Gasteiger charge is -2.31. The van der Waals surface area contributed by atoms with E-state index < -0.39 is 6.17 Å². The van der Waals surface area contributed by atoms with E-state index in [0.29, 0.717) is 18.8 Å². The van der Waals surface area contributed by atoms with Crippen LogP contribution in [0.3, 0.4) is 0 Å². The smallest absolute Gasteiger partial charge is 0.121 e. The summed E-state index contributed by atoms with van der Waals surface area (Å²) in [5.41, 5.74) is 0.927. The van der Waals surface area contributed by atoms with Crippen molar-refractivity contribution in [3.63, 3.8) is 0 Å². The third-order valence-electron chi connectivity index (χ3n) is 3.85. The Balaban J connectivity index is 2.20. The number of nitrogens with zero attached hydrogens (tertiary/aromatic N) is 1. The van der Waals surface area contributed by atoms with Crippen molar-refractivity contribution in [1.82, 2.24) is 0 Å². The number of alkyl halides is 1. The van der Waals surface area contributed by atoms with Crippen molar-refractivity contribution in [2.75, 3.05) is 0 Å². The van der Waals surface area contributed by atoms with Crippen LogP contribution >= 0.6 is 0 Å². The van der Waals surface area contributed by atoms with Gasteiger partial charge in [0, 0.05) is 11.9 Å². The SMILES string of the molecule is CC(C)(C)C1C=C(C2CCC(F)C=C2F)N=CC1. The second-order valence-corrected chi connectivity index (χ2v) is 6.31. The van der Waals surface area contributed by atoms with E-state index in [2.05, 4.69) is 31.8 Å². The average Bonchev–Trinajstić information content (AvgIpc) is 2.28. The topological polar surface area (TPSA) is 12.4 Å². The molecule has 2 aliphatic rings. The van der Waals surface area contributed by atoms with Crippen LogP contribution in [0.25, 0.3) is 0 Å². The average molecular weight is 253 g/mol. The molecule has 1 aliphatic carbocycles. The van der Waals surface area contributed by atoms with E-state index in [-0.39, 0.29) is 17.2 Å². The van der Waals surface area contributed by atoms with Crippen LogP contribution in [0.2, 0.25) is 0 Å². The molecule has 3 heteroatoms. The minimum absolute atomic E-state index is 0.148. The first-order chi connectivity index (χ1) is 8.38. The maximum atomic E-state index is 13.8. The summed E-state index contributed by atoms with van der Waals surface area (Å²) >= 11 is 0. The molecule has 100 valence electrons. The summed E-state index contributed by atoms with van der Waals surface area (Å²) in [5.74, 6) is -0.314. The Morgan fingerprint density at radius 3 is 2.56 bits per heavy atom. The van der Waals surface area contributed by atoms with Gasteiger partial charge in [-0.3, -0.25) is 4.99 Å². The molecule has 0 spiro atoms. The number of hydrogen-bond acceptors (Lipinski definition) is 1. The van der Waals surface area contributed by atoms with Crippen molar-refractivity contribution < 1.29 is 8.78 Å². The zero-order valence-corrected chi connectivity index (χ0v) is 11.3. The van der Waals surface area contributed by atoms with E-state index >= 15 is 0 Å². The van der Waals surface area contributed by atoms with Crippen molar-refractivity contribution >= 4 is 6.21 Å². The lowest BCUT2D eigenvalue weighted by molar-refractivity contribution is 0.288. The second kappa shape index (κ2) is 4.94. The van der Waals surface area contributed by atoms with Crippen LogP contribution in [0.15, 0.2) is 28.7 Å². The predicted molar refractivity (Wildman–Crippen MR) is 70.9 cm³/mol. The molecule has 0 aromatic heterocycles. The molecule has 0 aromatic rings. The van der Waals surface area contributed by atoms with Gasteiger partial charge >= 0.3 is 0 Å². The minimum atomic E-state index is -1.13. The van der Waals surface area contributed by atoms with Gasteiger partial charge < -0.3 is 0 Å². The Hall–Kier alpha value is -0.990. The van der Waals surface area contributed by atoms with Crippen molar-refractivity contribution in [1.29, 1.82) is 0 Å². The largest absolute Gasteiger partial charge is 0.265 e. The van der Waals surface area contributed by atoms with Crippen LogP contribution in [0.5, 0.6) is 0 Å². The standard InChI is InChI=1S/C15H21F2N/c1-15(2,3)10-6-7-18-14(8-10)12-5-4-11(16)9-13(12)17/h7-12H,4-6H2,1-3H3. The fraction of sp³-hybridized carbons (Fsp3) is 0.667. The lowest BCUT2D eigenvalue weighted by Crippen LogP contribution is -2.23. The molecular formula is C15H21F2N. The quantitative estimate of drug-likeness (QED) is 0.647. The number of hydrogen-bond donors (Lipinski definition) is 0. The molecular weight excluding hydrogens is 232 g/mol. The molecule has 1 aliphatic heterocycles. The van der Waals surface area contributed by atoms with Crippen LogP contribution in [-0.4, -0.2) is 12.4 Å².